The number of rotatable bonds is 7. The lowest BCUT2D eigenvalue weighted by molar-refractivity contribution is -0.143. The van der Waals surface area contributed by atoms with Crippen molar-refractivity contribution in [2.45, 2.75) is 46.3 Å². The fourth-order valence-electron chi connectivity index (χ4n) is 3.93. The highest BCUT2D eigenvalue weighted by atomic mass is 79.9. The molecule has 0 spiro atoms. The van der Waals surface area contributed by atoms with Crippen LogP contribution < -0.4 is 19.6 Å². The average Bonchev–Trinajstić information content (AvgIpc) is 3.12. The summed E-state index contributed by atoms with van der Waals surface area (Å²) in [6.07, 6.45) is 2.41. The summed E-state index contributed by atoms with van der Waals surface area (Å²) < 4.78 is 14.4. The van der Waals surface area contributed by atoms with E-state index in [0.29, 0.717) is 33.0 Å². The fourth-order valence-corrected chi connectivity index (χ4v) is 5.34. The molecule has 0 amide bonds. The molecule has 3 aromatic rings. The van der Waals surface area contributed by atoms with Gasteiger partial charge in [-0.2, -0.15) is 0 Å². The van der Waals surface area contributed by atoms with Crippen LogP contribution in [0, 0.1) is 0 Å². The Balaban J connectivity index is 1.92. The Bertz CT molecular complexity index is 1450. The number of esters is 1. The number of fused-ring (bicyclic) bond motifs is 1. The van der Waals surface area contributed by atoms with E-state index in [-0.39, 0.29) is 11.7 Å². The van der Waals surface area contributed by atoms with Gasteiger partial charge < -0.3 is 9.47 Å². The average molecular weight is 555 g/mol. The van der Waals surface area contributed by atoms with E-state index < -0.39 is 12.0 Å². The van der Waals surface area contributed by atoms with Gasteiger partial charge in [0.1, 0.15) is 5.75 Å². The van der Waals surface area contributed by atoms with Gasteiger partial charge in [0.05, 0.1) is 34.6 Å². The molecule has 2 aromatic carbocycles. The number of thiazole rings is 1. The molecular weight excluding hydrogens is 528 g/mol. The third-order valence-corrected chi connectivity index (χ3v) is 6.90. The van der Waals surface area contributed by atoms with Crippen LogP contribution in [0.5, 0.6) is 5.75 Å². The van der Waals surface area contributed by atoms with Crippen LogP contribution in [-0.2, 0) is 9.53 Å². The Labute approximate surface area is 216 Å². The SMILES string of the molecule is CCCOc1ccc(Br)cc1C=c1sc2n(c1=O)C(c1ccccc1)C(C(=O)OC(C)C)=C(C)N=2. The maximum Gasteiger partial charge on any atom is 0.338 e. The molecule has 1 unspecified atom stereocenters. The summed E-state index contributed by atoms with van der Waals surface area (Å²) >= 11 is 4.81. The predicted molar refractivity (Wildman–Crippen MR) is 141 cm³/mol. The Kier molecular flexibility index (Phi) is 7.72. The highest BCUT2D eigenvalue weighted by Gasteiger charge is 2.33. The van der Waals surface area contributed by atoms with Gasteiger partial charge in [-0.05, 0) is 57.0 Å². The minimum Gasteiger partial charge on any atom is -0.493 e. The molecule has 0 saturated heterocycles. The number of hydrogen-bond donors (Lipinski definition) is 0. The van der Waals surface area contributed by atoms with E-state index in [2.05, 4.69) is 20.9 Å². The molecule has 6 nitrogen and oxygen atoms in total. The van der Waals surface area contributed by atoms with Gasteiger partial charge in [-0.15, -0.1) is 0 Å². The molecule has 0 saturated carbocycles. The molecule has 0 radical (unpaired) electrons. The molecule has 182 valence electrons. The molecule has 0 aliphatic carbocycles. The van der Waals surface area contributed by atoms with Crippen molar-refractivity contribution in [3.8, 4) is 5.75 Å². The van der Waals surface area contributed by atoms with Crippen molar-refractivity contribution in [3.05, 3.63) is 95.1 Å². The second-order valence-corrected chi connectivity index (χ2v) is 10.4. The Morgan fingerprint density at radius 2 is 1.97 bits per heavy atom. The summed E-state index contributed by atoms with van der Waals surface area (Å²) in [5.41, 5.74) is 2.32. The van der Waals surface area contributed by atoms with Gasteiger partial charge in [0, 0.05) is 10.0 Å². The van der Waals surface area contributed by atoms with Crippen molar-refractivity contribution in [2.75, 3.05) is 6.61 Å². The number of allylic oxidation sites excluding steroid dienone is 1. The summed E-state index contributed by atoms with van der Waals surface area (Å²) in [7, 11) is 0. The molecule has 2 heterocycles. The molecule has 1 aromatic heterocycles. The number of halogens is 1. The number of hydrogen-bond acceptors (Lipinski definition) is 6. The highest BCUT2D eigenvalue weighted by molar-refractivity contribution is 9.10. The molecule has 0 fully saturated rings. The Morgan fingerprint density at radius 1 is 1.23 bits per heavy atom. The van der Waals surface area contributed by atoms with E-state index in [1.165, 1.54) is 11.3 Å². The lowest BCUT2D eigenvalue weighted by Crippen LogP contribution is -2.40. The van der Waals surface area contributed by atoms with E-state index in [9.17, 15) is 9.59 Å². The number of nitrogens with zero attached hydrogens (tertiary/aromatic N) is 2. The molecule has 1 atom stereocenters. The minimum atomic E-state index is -0.626. The lowest BCUT2D eigenvalue weighted by atomic mass is 9.96. The highest BCUT2D eigenvalue weighted by Crippen LogP contribution is 2.31. The molecule has 1 aliphatic rings. The van der Waals surface area contributed by atoms with E-state index >= 15 is 0 Å². The van der Waals surface area contributed by atoms with Crippen molar-refractivity contribution in [3.63, 3.8) is 0 Å². The van der Waals surface area contributed by atoms with Gasteiger partial charge in [-0.1, -0.05) is 64.5 Å². The molecule has 0 N–H and O–H groups in total. The fraction of sp³-hybridized carbons (Fsp3) is 0.296. The summed E-state index contributed by atoms with van der Waals surface area (Å²) in [6, 6.07) is 14.6. The predicted octanol–water partition coefficient (Wildman–Crippen LogP) is 4.74. The lowest BCUT2D eigenvalue weighted by Gasteiger charge is -2.25. The first-order valence-electron chi connectivity index (χ1n) is 11.5. The van der Waals surface area contributed by atoms with Crippen molar-refractivity contribution >= 4 is 39.3 Å². The number of ether oxygens (including phenoxy) is 2. The van der Waals surface area contributed by atoms with Crippen LogP contribution in [0.25, 0.3) is 6.08 Å². The smallest absolute Gasteiger partial charge is 0.338 e. The van der Waals surface area contributed by atoms with E-state index in [4.69, 9.17) is 9.47 Å². The maximum atomic E-state index is 13.8. The number of carbonyl (C=O) groups is 1. The van der Waals surface area contributed by atoms with Crippen molar-refractivity contribution < 1.29 is 14.3 Å². The normalized spacial score (nSPS) is 15.7. The van der Waals surface area contributed by atoms with Gasteiger partial charge in [0.2, 0.25) is 0 Å². The summed E-state index contributed by atoms with van der Waals surface area (Å²) in [4.78, 5) is 32.1. The maximum absolute atomic E-state index is 13.8. The largest absolute Gasteiger partial charge is 0.493 e. The van der Waals surface area contributed by atoms with Crippen LogP contribution in [0.1, 0.15) is 51.3 Å². The van der Waals surface area contributed by atoms with Gasteiger partial charge in [0.25, 0.3) is 5.56 Å². The minimum absolute atomic E-state index is 0.216. The number of aromatic nitrogens is 1. The Morgan fingerprint density at radius 3 is 2.66 bits per heavy atom. The molecule has 8 heteroatoms. The van der Waals surface area contributed by atoms with Crippen LogP contribution in [0.3, 0.4) is 0 Å². The second-order valence-electron chi connectivity index (χ2n) is 8.48. The van der Waals surface area contributed by atoms with Crippen molar-refractivity contribution in [1.29, 1.82) is 0 Å². The Hall–Kier alpha value is -2.97. The molecular formula is C27H27BrN2O4S. The van der Waals surface area contributed by atoms with Gasteiger partial charge in [0.15, 0.2) is 4.80 Å². The summed E-state index contributed by atoms with van der Waals surface area (Å²) in [6.45, 7) is 8.02. The quantitative estimate of drug-likeness (QED) is 0.395. The molecule has 1 aliphatic heterocycles. The van der Waals surface area contributed by atoms with Crippen LogP contribution in [0.4, 0.5) is 0 Å². The van der Waals surface area contributed by atoms with Crippen LogP contribution in [0.2, 0.25) is 0 Å². The zero-order valence-electron chi connectivity index (χ0n) is 20.1. The topological polar surface area (TPSA) is 69.9 Å². The molecule has 4 rings (SSSR count). The zero-order chi connectivity index (χ0) is 25.1. The van der Waals surface area contributed by atoms with Crippen LogP contribution in [0.15, 0.2) is 74.1 Å². The number of carbonyl (C=O) groups excluding carboxylic acids is 1. The van der Waals surface area contributed by atoms with Crippen LogP contribution >= 0.6 is 27.3 Å². The summed E-state index contributed by atoms with van der Waals surface area (Å²) in [5, 5.41) is 0. The zero-order valence-corrected chi connectivity index (χ0v) is 22.5. The van der Waals surface area contributed by atoms with Crippen molar-refractivity contribution in [1.82, 2.24) is 4.57 Å². The summed E-state index contributed by atoms with van der Waals surface area (Å²) in [5.74, 6) is 0.240. The molecule has 0 bridgehead atoms. The van der Waals surface area contributed by atoms with Gasteiger partial charge in [-0.25, -0.2) is 9.79 Å². The van der Waals surface area contributed by atoms with E-state index in [1.807, 2.05) is 61.5 Å². The van der Waals surface area contributed by atoms with Crippen molar-refractivity contribution in [2.24, 2.45) is 4.99 Å². The monoisotopic (exact) mass is 554 g/mol. The standard InChI is InChI=1S/C27H27BrN2O4S/c1-5-13-33-21-12-11-20(28)14-19(21)15-22-25(31)30-24(18-9-7-6-8-10-18)23(26(32)34-16(2)3)17(4)29-27(30)35-22/h6-12,14-16,24H,5,13H2,1-4H3. The first-order valence-corrected chi connectivity index (χ1v) is 13.1. The third-order valence-electron chi connectivity index (χ3n) is 5.42. The first kappa shape index (κ1) is 25.1. The van der Waals surface area contributed by atoms with Gasteiger partial charge >= 0.3 is 5.97 Å². The second kappa shape index (κ2) is 10.7. The number of benzene rings is 2. The van der Waals surface area contributed by atoms with E-state index in [0.717, 1.165) is 22.0 Å². The first-order chi connectivity index (χ1) is 16.8. The van der Waals surface area contributed by atoms with Crippen LogP contribution in [-0.4, -0.2) is 23.2 Å². The molecule has 35 heavy (non-hydrogen) atoms. The van der Waals surface area contributed by atoms with E-state index in [1.54, 1.807) is 25.3 Å². The third kappa shape index (κ3) is 5.33. The van der Waals surface area contributed by atoms with Gasteiger partial charge in [-0.3, -0.25) is 9.36 Å².